The predicted molar refractivity (Wildman–Crippen MR) is 80.3 cm³/mol. The third-order valence-electron chi connectivity index (χ3n) is 3.41. The molecule has 0 radical (unpaired) electrons. The molecule has 0 fully saturated rings. The van der Waals surface area contributed by atoms with Gasteiger partial charge in [0.05, 0.1) is 0 Å². The first-order valence-electron chi connectivity index (χ1n) is 7.20. The van der Waals surface area contributed by atoms with Gasteiger partial charge in [-0.25, -0.2) is 0 Å². The molecule has 0 saturated heterocycles. The van der Waals surface area contributed by atoms with E-state index in [1.54, 1.807) is 0 Å². The van der Waals surface area contributed by atoms with Crippen LogP contribution in [0.25, 0.3) is 0 Å². The summed E-state index contributed by atoms with van der Waals surface area (Å²) in [6.07, 6.45) is 1.39. The van der Waals surface area contributed by atoms with Crippen LogP contribution in [0, 0.1) is 6.92 Å². The van der Waals surface area contributed by atoms with Crippen molar-refractivity contribution in [3.8, 4) is 0 Å². The summed E-state index contributed by atoms with van der Waals surface area (Å²) in [6, 6.07) is 8.37. The van der Waals surface area contributed by atoms with Gasteiger partial charge in [0.2, 0.25) is 5.91 Å². The number of carbonyl (C=O) groups is 1. The van der Waals surface area contributed by atoms with E-state index in [2.05, 4.69) is 55.3 Å². The highest BCUT2D eigenvalue weighted by Gasteiger charge is 2.03. The number of benzene rings is 1. The lowest BCUT2D eigenvalue weighted by atomic mass is 10.1. The fourth-order valence-electron chi connectivity index (χ4n) is 1.99. The van der Waals surface area contributed by atoms with E-state index in [4.69, 9.17) is 0 Å². The summed E-state index contributed by atoms with van der Waals surface area (Å²) in [5.74, 6) is 0.146. The zero-order valence-corrected chi connectivity index (χ0v) is 12.4. The number of nitrogens with one attached hydrogen (secondary N) is 1. The Bertz CT molecular complexity index is 369. The van der Waals surface area contributed by atoms with Gasteiger partial charge >= 0.3 is 0 Å². The molecule has 3 nitrogen and oxygen atoms in total. The third-order valence-corrected chi connectivity index (χ3v) is 3.41. The van der Waals surface area contributed by atoms with Crippen LogP contribution in [0.3, 0.4) is 0 Å². The maximum Gasteiger partial charge on any atom is 0.220 e. The van der Waals surface area contributed by atoms with Gasteiger partial charge in [-0.2, -0.15) is 0 Å². The number of carbonyl (C=O) groups excluding carboxylic acids is 1. The second-order valence-electron chi connectivity index (χ2n) is 4.86. The smallest absolute Gasteiger partial charge is 0.220 e. The van der Waals surface area contributed by atoms with E-state index in [0.717, 1.165) is 32.6 Å². The third kappa shape index (κ3) is 6.39. The molecule has 1 rings (SSSR count). The molecule has 0 unspecified atom stereocenters. The van der Waals surface area contributed by atoms with E-state index in [0.29, 0.717) is 6.42 Å². The van der Waals surface area contributed by atoms with Gasteiger partial charge in [0, 0.05) is 19.5 Å². The molecule has 3 heteroatoms. The monoisotopic (exact) mass is 262 g/mol. The average Bonchev–Trinajstić information content (AvgIpc) is 2.43. The highest BCUT2D eigenvalue weighted by Crippen LogP contribution is 2.05. The van der Waals surface area contributed by atoms with Crippen molar-refractivity contribution in [3.63, 3.8) is 0 Å². The molecule has 19 heavy (non-hydrogen) atoms. The lowest BCUT2D eigenvalue weighted by Gasteiger charge is -2.17. The van der Waals surface area contributed by atoms with Crippen LogP contribution in [0.15, 0.2) is 24.3 Å². The Kier molecular flexibility index (Phi) is 7.19. The Morgan fingerprint density at radius 2 is 1.79 bits per heavy atom. The molecule has 106 valence electrons. The SMILES string of the molecule is CCN(CC)CCNC(=O)CCc1ccc(C)cc1. The lowest BCUT2D eigenvalue weighted by Crippen LogP contribution is -2.34. The Morgan fingerprint density at radius 1 is 1.16 bits per heavy atom. The first-order chi connectivity index (χ1) is 9.15. The van der Waals surface area contributed by atoms with E-state index < -0.39 is 0 Å². The topological polar surface area (TPSA) is 32.3 Å². The summed E-state index contributed by atoms with van der Waals surface area (Å²) in [4.78, 5) is 14.0. The number of nitrogens with zero attached hydrogens (tertiary/aromatic N) is 1. The number of hydrogen-bond acceptors (Lipinski definition) is 2. The molecule has 1 N–H and O–H groups in total. The van der Waals surface area contributed by atoms with E-state index in [-0.39, 0.29) is 5.91 Å². The Hall–Kier alpha value is -1.35. The van der Waals surface area contributed by atoms with Crippen molar-refractivity contribution >= 4 is 5.91 Å². The van der Waals surface area contributed by atoms with Crippen LogP contribution in [0.5, 0.6) is 0 Å². The van der Waals surface area contributed by atoms with Gasteiger partial charge in [-0.05, 0) is 32.0 Å². The molecule has 0 bridgehead atoms. The highest BCUT2D eigenvalue weighted by atomic mass is 16.1. The molecule has 1 aromatic carbocycles. The molecule has 0 aromatic heterocycles. The largest absolute Gasteiger partial charge is 0.355 e. The average molecular weight is 262 g/mol. The minimum Gasteiger partial charge on any atom is -0.355 e. The zero-order chi connectivity index (χ0) is 14.1. The first-order valence-corrected chi connectivity index (χ1v) is 7.20. The van der Waals surface area contributed by atoms with Crippen molar-refractivity contribution in [2.45, 2.75) is 33.6 Å². The maximum atomic E-state index is 11.7. The Labute approximate surface area is 117 Å². The fourth-order valence-corrected chi connectivity index (χ4v) is 1.99. The van der Waals surface area contributed by atoms with Gasteiger partial charge in [-0.1, -0.05) is 43.7 Å². The molecule has 0 saturated carbocycles. The summed E-state index contributed by atoms with van der Waals surface area (Å²) in [5, 5.41) is 2.98. The lowest BCUT2D eigenvalue weighted by molar-refractivity contribution is -0.121. The van der Waals surface area contributed by atoms with Crippen molar-refractivity contribution in [3.05, 3.63) is 35.4 Å². The summed E-state index contributed by atoms with van der Waals surface area (Å²) >= 11 is 0. The van der Waals surface area contributed by atoms with Gasteiger partial charge in [-0.15, -0.1) is 0 Å². The fraction of sp³-hybridized carbons (Fsp3) is 0.562. The van der Waals surface area contributed by atoms with Crippen LogP contribution in [-0.2, 0) is 11.2 Å². The van der Waals surface area contributed by atoms with Crippen LogP contribution >= 0.6 is 0 Å². The van der Waals surface area contributed by atoms with Crippen LogP contribution in [-0.4, -0.2) is 37.0 Å². The molecule has 0 aliphatic carbocycles. The normalized spacial score (nSPS) is 10.7. The number of hydrogen-bond donors (Lipinski definition) is 1. The summed E-state index contributed by atoms with van der Waals surface area (Å²) in [7, 11) is 0. The molecule has 1 amide bonds. The van der Waals surface area contributed by atoms with Gasteiger partial charge in [0.15, 0.2) is 0 Å². The Balaban J connectivity index is 2.19. The van der Waals surface area contributed by atoms with E-state index in [1.165, 1.54) is 11.1 Å². The molecule has 0 spiro atoms. The molecule has 1 aromatic rings. The highest BCUT2D eigenvalue weighted by molar-refractivity contribution is 5.76. The summed E-state index contributed by atoms with van der Waals surface area (Å²) in [6.45, 7) is 10.1. The van der Waals surface area contributed by atoms with Gasteiger partial charge in [0.1, 0.15) is 0 Å². The molecule has 0 aliphatic rings. The quantitative estimate of drug-likeness (QED) is 0.780. The predicted octanol–water partition coefficient (Wildman–Crippen LogP) is 2.39. The van der Waals surface area contributed by atoms with E-state index in [1.807, 2.05) is 0 Å². The van der Waals surface area contributed by atoms with Gasteiger partial charge in [-0.3, -0.25) is 4.79 Å². The maximum absolute atomic E-state index is 11.7. The van der Waals surface area contributed by atoms with Crippen LogP contribution in [0.2, 0.25) is 0 Å². The number of aryl methyl sites for hydroxylation is 2. The van der Waals surface area contributed by atoms with Crippen LogP contribution < -0.4 is 5.32 Å². The van der Waals surface area contributed by atoms with Crippen LogP contribution in [0.4, 0.5) is 0 Å². The van der Waals surface area contributed by atoms with Crippen LogP contribution in [0.1, 0.15) is 31.4 Å². The standard InChI is InChI=1S/C16H26N2O/c1-4-18(5-2)13-12-17-16(19)11-10-15-8-6-14(3)7-9-15/h6-9H,4-5,10-13H2,1-3H3,(H,17,19). The molecule has 0 heterocycles. The van der Waals surface area contributed by atoms with Crippen molar-refractivity contribution in [1.29, 1.82) is 0 Å². The van der Waals surface area contributed by atoms with Gasteiger partial charge in [0.25, 0.3) is 0 Å². The molecular formula is C16H26N2O. The van der Waals surface area contributed by atoms with E-state index in [9.17, 15) is 4.79 Å². The minimum atomic E-state index is 0.146. The van der Waals surface area contributed by atoms with Crippen molar-refractivity contribution in [2.75, 3.05) is 26.2 Å². The minimum absolute atomic E-state index is 0.146. The first kappa shape index (κ1) is 15.7. The number of amides is 1. The second-order valence-corrected chi connectivity index (χ2v) is 4.86. The molecular weight excluding hydrogens is 236 g/mol. The van der Waals surface area contributed by atoms with Crippen molar-refractivity contribution < 1.29 is 4.79 Å². The van der Waals surface area contributed by atoms with Gasteiger partial charge < -0.3 is 10.2 Å². The second kappa shape index (κ2) is 8.70. The summed E-state index contributed by atoms with van der Waals surface area (Å²) < 4.78 is 0. The van der Waals surface area contributed by atoms with Crippen molar-refractivity contribution in [1.82, 2.24) is 10.2 Å². The molecule has 0 aliphatic heterocycles. The van der Waals surface area contributed by atoms with E-state index >= 15 is 0 Å². The number of rotatable bonds is 8. The molecule has 0 atom stereocenters. The number of likely N-dealkylation sites (N-methyl/N-ethyl adjacent to an activating group) is 1. The zero-order valence-electron chi connectivity index (χ0n) is 12.4. The van der Waals surface area contributed by atoms with Crippen molar-refractivity contribution in [2.24, 2.45) is 0 Å². The summed E-state index contributed by atoms with van der Waals surface area (Å²) in [5.41, 5.74) is 2.48. The Morgan fingerprint density at radius 3 is 2.37 bits per heavy atom.